The summed E-state index contributed by atoms with van der Waals surface area (Å²) in [7, 11) is 0. The first-order chi connectivity index (χ1) is 8.99. The smallest absolute Gasteiger partial charge is 0.254 e. The van der Waals surface area contributed by atoms with E-state index in [0.29, 0.717) is 6.07 Å². The van der Waals surface area contributed by atoms with E-state index in [4.69, 9.17) is 5.73 Å². The highest BCUT2D eigenvalue weighted by Crippen LogP contribution is 2.19. The molecule has 1 unspecified atom stereocenters. The molecule has 19 heavy (non-hydrogen) atoms. The molecule has 0 aliphatic carbocycles. The lowest BCUT2D eigenvalue weighted by molar-refractivity contribution is 0.0936. The Bertz CT molecular complexity index is 599. The third kappa shape index (κ3) is 2.90. The summed E-state index contributed by atoms with van der Waals surface area (Å²) >= 11 is 1.50. The van der Waals surface area contributed by atoms with E-state index in [1.54, 1.807) is 6.92 Å². The summed E-state index contributed by atoms with van der Waals surface area (Å²) in [5.41, 5.74) is 5.74. The highest BCUT2D eigenvalue weighted by molar-refractivity contribution is 7.07. The molecule has 0 saturated heterocycles. The normalized spacial score (nSPS) is 12.2. The standard InChI is InChI=1S/C13H12F2N2OS/c1-7(8-2-3-19-6-8)17-13(18)9-4-12(16)11(15)5-10(9)14/h2-7H,16H2,1H3,(H,17,18). The van der Waals surface area contributed by atoms with E-state index < -0.39 is 17.5 Å². The maximum absolute atomic E-state index is 13.5. The van der Waals surface area contributed by atoms with E-state index in [1.165, 1.54) is 11.3 Å². The minimum atomic E-state index is -0.929. The fraction of sp³-hybridized carbons (Fsp3) is 0.154. The summed E-state index contributed by atoms with van der Waals surface area (Å²) in [4.78, 5) is 11.9. The molecule has 0 fully saturated rings. The third-order valence-electron chi connectivity index (χ3n) is 2.72. The van der Waals surface area contributed by atoms with Crippen molar-refractivity contribution < 1.29 is 13.6 Å². The van der Waals surface area contributed by atoms with Crippen molar-refractivity contribution in [2.24, 2.45) is 0 Å². The second-order valence-electron chi connectivity index (χ2n) is 4.11. The van der Waals surface area contributed by atoms with Crippen molar-refractivity contribution in [2.45, 2.75) is 13.0 Å². The van der Waals surface area contributed by atoms with Crippen LogP contribution >= 0.6 is 11.3 Å². The van der Waals surface area contributed by atoms with E-state index >= 15 is 0 Å². The summed E-state index contributed by atoms with van der Waals surface area (Å²) < 4.78 is 26.5. The number of rotatable bonds is 3. The van der Waals surface area contributed by atoms with E-state index in [1.807, 2.05) is 16.8 Å². The van der Waals surface area contributed by atoms with Crippen LogP contribution in [0.1, 0.15) is 28.9 Å². The molecule has 0 aliphatic heterocycles. The van der Waals surface area contributed by atoms with Crippen molar-refractivity contribution in [3.63, 3.8) is 0 Å². The predicted octanol–water partition coefficient (Wildman–Crippen LogP) is 3.10. The number of nitrogens with one attached hydrogen (secondary N) is 1. The van der Waals surface area contributed by atoms with E-state index in [0.717, 1.165) is 11.6 Å². The van der Waals surface area contributed by atoms with Gasteiger partial charge >= 0.3 is 0 Å². The van der Waals surface area contributed by atoms with Crippen molar-refractivity contribution in [1.29, 1.82) is 0 Å². The fourth-order valence-electron chi connectivity index (χ4n) is 1.62. The molecule has 1 aromatic carbocycles. The van der Waals surface area contributed by atoms with Gasteiger partial charge in [-0.2, -0.15) is 11.3 Å². The highest BCUT2D eigenvalue weighted by Gasteiger charge is 2.17. The summed E-state index contributed by atoms with van der Waals surface area (Å²) in [5, 5.41) is 6.41. The Hall–Kier alpha value is -1.95. The van der Waals surface area contributed by atoms with Crippen LogP contribution in [0.5, 0.6) is 0 Å². The zero-order valence-corrected chi connectivity index (χ0v) is 10.9. The topological polar surface area (TPSA) is 55.1 Å². The zero-order valence-electron chi connectivity index (χ0n) is 10.1. The monoisotopic (exact) mass is 282 g/mol. The Labute approximate surface area is 113 Å². The average Bonchev–Trinajstić information content (AvgIpc) is 2.87. The van der Waals surface area contributed by atoms with Crippen molar-refractivity contribution in [2.75, 3.05) is 5.73 Å². The number of thiophene rings is 1. The van der Waals surface area contributed by atoms with Crippen LogP contribution in [-0.2, 0) is 0 Å². The minimum absolute atomic E-state index is 0.255. The predicted molar refractivity (Wildman–Crippen MR) is 71.0 cm³/mol. The molecule has 100 valence electrons. The molecule has 0 spiro atoms. The molecule has 2 aromatic rings. The number of hydrogen-bond donors (Lipinski definition) is 2. The maximum Gasteiger partial charge on any atom is 0.254 e. The van der Waals surface area contributed by atoms with E-state index in [9.17, 15) is 13.6 Å². The summed E-state index contributed by atoms with van der Waals surface area (Å²) in [6, 6.07) is 3.22. The van der Waals surface area contributed by atoms with E-state index in [2.05, 4.69) is 5.32 Å². The van der Waals surface area contributed by atoms with Gasteiger partial charge in [0.15, 0.2) is 0 Å². The van der Waals surface area contributed by atoms with Gasteiger partial charge in [0.1, 0.15) is 11.6 Å². The third-order valence-corrected chi connectivity index (χ3v) is 3.42. The second-order valence-corrected chi connectivity index (χ2v) is 4.89. The first kappa shape index (κ1) is 13.5. The number of amides is 1. The molecule has 0 aliphatic rings. The molecule has 1 amide bonds. The van der Waals surface area contributed by atoms with Crippen LogP contribution in [0.2, 0.25) is 0 Å². The lowest BCUT2D eigenvalue weighted by Crippen LogP contribution is -2.27. The van der Waals surface area contributed by atoms with Crippen molar-refractivity contribution in [1.82, 2.24) is 5.32 Å². The number of hydrogen-bond acceptors (Lipinski definition) is 3. The molecule has 2 rings (SSSR count). The Morgan fingerprint density at radius 1 is 1.37 bits per heavy atom. The van der Waals surface area contributed by atoms with Gasteiger partial charge in [0.25, 0.3) is 5.91 Å². The van der Waals surface area contributed by atoms with Gasteiger partial charge in [-0.3, -0.25) is 4.79 Å². The molecule has 0 radical (unpaired) electrons. The Morgan fingerprint density at radius 3 is 2.74 bits per heavy atom. The first-order valence-corrected chi connectivity index (χ1v) is 6.51. The van der Waals surface area contributed by atoms with Crippen molar-refractivity contribution in [3.05, 3.63) is 51.7 Å². The van der Waals surface area contributed by atoms with Gasteiger partial charge in [-0.05, 0) is 35.4 Å². The first-order valence-electron chi connectivity index (χ1n) is 5.56. The maximum atomic E-state index is 13.5. The SMILES string of the molecule is CC(NC(=O)c1cc(N)c(F)cc1F)c1ccsc1. The van der Waals surface area contributed by atoms with Crippen LogP contribution in [0.3, 0.4) is 0 Å². The molecule has 3 nitrogen and oxygen atoms in total. The van der Waals surface area contributed by atoms with E-state index in [-0.39, 0.29) is 17.3 Å². The number of carbonyl (C=O) groups excluding carboxylic acids is 1. The number of carbonyl (C=O) groups is 1. The summed E-state index contributed by atoms with van der Waals surface area (Å²) in [6.07, 6.45) is 0. The molecule has 1 heterocycles. The number of nitrogen functional groups attached to an aromatic ring is 1. The minimum Gasteiger partial charge on any atom is -0.396 e. The molecule has 0 bridgehead atoms. The molecular weight excluding hydrogens is 270 g/mol. The van der Waals surface area contributed by atoms with Gasteiger partial charge in [-0.15, -0.1) is 0 Å². The molecule has 0 saturated carbocycles. The molecule has 1 aromatic heterocycles. The van der Waals surface area contributed by atoms with Crippen LogP contribution in [0.15, 0.2) is 29.0 Å². The Morgan fingerprint density at radius 2 is 2.11 bits per heavy atom. The van der Waals surface area contributed by atoms with Gasteiger partial charge in [-0.25, -0.2) is 8.78 Å². The van der Waals surface area contributed by atoms with Crippen LogP contribution in [-0.4, -0.2) is 5.91 Å². The van der Waals surface area contributed by atoms with Crippen LogP contribution < -0.4 is 11.1 Å². The van der Waals surface area contributed by atoms with Gasteiger partial charge in [-0.1, -0.05) is 0 Å². The van der Waals surface area contributed by atoms with Gasteiger partial charge in [0.2, 0.25) is 0 Å². The van der Waals surface area contributed by atoms with Gasteiger partial charge in [0, 0.05) is 6.07 Å². The van der Waals surface area contributed by atoms with Crippen LogP contribution in [0, 0.1) is 11.6 Å². The fourth-order valence-corrected chi connectivity index (χ4v) is 2.37. The lowest BCUT2D eigenvalue weighted by atomic mass is 10.1. The molecule has 6 heteroatoms. The zero-order chi connectivity index (χ0) is 14.0. The Kier molecular flexibility index (Phi) is 3.80. The quantitative estimate of drug-likeness (QED) is 0.850. The number of benzene rings is 1. The Balaban J connectivity index is 2.19. The van der Waals surface area contributed by atoms with Crippen molar-refractivity contribution >= 4 is 22.9 Å². The van der Waals surface area contributed by atoms with Gasteiger partial charge in [0.05, 0.1) is 17.3 Å². The lowest BCUT2D eigenvalue weighted by Gasteiger charge is -2.13. The van der Waals surface area contributed by atoms with Crippen LogP contribution in [0.4, 0.5) is 14.5 Å². The summed E-state index contributed by atoms with van der Waals surface area (Å²) in [6.45, 7) is 1.78. The number of nitrogens with two attached hydrogens (primary N) is 1. The molecule has 1 atom stereocenters. The number of anilines is 1. The van der Waals surface area contributed by atoms with Crippen molar-refractivity contribution in [3.8, 4) is 0 Å². The highest BCUT2D eigenvalue weighted by atomic mass is 32.1. The second kappa shape index (κ2) is 5.36. The summed E-state index contributed by atoms with van der Waals surface area (Å²) in [5.74, 6) is -2.43. The molecule has 3 N–H and O–H groups in total. The van der Waals surface area contributed by atoms with Crippen LogP contribution in [0.25, 0.3) is 0 Å². The average molecular weight is 282 g/mol. The largest absolute Gasteiger partial charge is 0.396 e. The molecular formula is C13H12F2N2OS. The number of halogens is 2. The van der Waals surface area contributed by atoms with Gasteiger partial charge < -0.3 is 11.1 Å².